The lowest BCUT2D eigenvalue weighted by Gasteiger charge is -2.25. The van der Waals surface area contributed by atoms with E-state index in [-0.39, 0.29) is 26.2 Å². The Morgan fingerprint density at radius 2 is 1.60 bits per heavy atom. The summed E-state index contributed by atoms with van der Waals surface area (Å²) in [6.45, 7) is 5.78. The highest BCUT2D eigenvalue weighted by Crippen LogP contribution is 2.54. The van der Waals surface area contributed by atoms with Crippen LogP contribution < -0.4 is 0 Å². The molecule has 2 rings (SSSR count). The van der Waals surface area contributed by atoms with Crippen molar-refractivity contribution in [2.45, 2.75) is 32.9 Å². The normalized spacial score (nSPS) is 12.9. The summed E-state index contributed by atoms with van der Waals surface area (Å²) in [5.74, 6) is -0.555. The van der Waals surface area contributed by atoms with Gasteiger partial charge in [-0.05, 0) is 43.5 Å². The van der Waals surface area contributed by atoms with Crippen LogP contribution in [0.25, 0.3) is 10.8 Å². The minimum absolute atomic E-state index is 0.197. The molecule has 0 saturated heterocycles. The third-order valence-corrected chi connectivity index (χ3v) is 6.24. The van der Waals surface area contributed by atoms with Crippen molar-refractivity contribution in [3.63, 3.8) is 0 Å². The van der Waals surface area contributed by atoms with E-state index in [1.165, 1.54) is 0 Å². The maximum absolute atomic E-state index is 13.2. The number of carbonyl (C=O) groups excluding carboxylic acids is 1. The summed E-state index contributed by atoms with van der Waals surface area (Å²) in [4.78, 5) is 12.5. The van der Waals surface area contributed by atoms with Gasteiger partial charge in [-0.25, -0.2) is 0 Å². The summed E-state index contributed by atoms with van der Waals surface area (Å²) in [6.07, 6.45) is 0.234. The van der Waals surface area contributed by atoms with Gasteiger partial charge in [0, 0.05) is 0 Å². The van der Waals surface area contributed by atoms with Crippen LogP contribution in [0.2, 0.25) is 0 Å². The summed E-state index contributed by atoms with van der Waals surface area (Å²) in [7, 11) is -3.63. The Labute approximate surface area is 148 Å². The fourth-order valence-electron chi connectivity index (χ4n) is 2.82. The third-order valence-electron chi connectivity index (χ3n) is 3.85. The minimum atomic E-state index is -3.63. The van der Waals surface area contributed by atoms with Crippen molar-refractivity contribution in [2.24, 2.45) is 0 Å². The molecule has 136 valence electrons. The van der Waals surface area contributed by atoms with E-state index in [1.807, 2.05) is 42.5 Å². The molecule has 0 aliphatic carbocycles. The number of ether oxygens (including phenoxy) is 1. The largest absolute Gasteiger partial charge is 0.465 e. The number of rotatable bonds is 9. The smallest absolute Gasteiger partial charge is 0.345 e. The molecule has 0 saturated carbocycles. The van der Waals surface area contributed by atoms with E-state index in [1.54, 1.807) is 20.8 Å². The molecule has 0 radical (unpaired) electrons. The summed E-state index contributed by atoms with van der Waals surface area (Å²) in [6, 6.07) is 13.7. The molecule has 0 aromatic heterocycles. The third kappa shape index (κ3) is 4.69. The predicted octanol–water partition coefficient (Wildman–Crippen LogP) is 4.58. The Hall–Kier alpha value is -1.68. The van der Waals surface area contributed by atoms with Crippen LogP contribution in [-0.2, 0) is 29.6 Å². The van der Waals surface area contributed by atoms with Crippen LogP contribution in [0.15, 0.2) is 42.5 Å². The van der Waals surface area contributed by atoms with Gasteiger partial charge in [0.25, 0.3) is 0 Å². The van der Waals surface area contributed by atoms with Crippen molar-refractivity contribution in [3.05, 3.63) is 48.0 Å². The van der Waals surface area contributed by atoms with E-state index in [4.69, 9.17) is 13.8 Å². The van der Waals surface area contributed by atoms with Gasteiger partial charge in [0.1, 0.15) is 0 Å². The van der Waals surface area contributed by atoms with Crippen molar-refractivity contribution in [1.29, 1.82) is 0 Å². The van der Waals surface area contributed by atoms with Gasteiger partial charge >= 0.3 is 13.6 Å². The van der Waals surface area contributed by atoms with Crippen molar-refractivity contribution in [2.75, 3.05) is 19.8 Å². The highest BCUT2D eigenvalue weighted by Gasteiger charge is 2.42. The van der Waals surface area contributed by atoms with Crippen molar-refractivity contribution < 1.29 is 23.1 Å². The molecular formula is C19H25O5P. The van der Waals surface area contributed by atoms with E-state index in [9.17, 15) is 9.36 Å². The average molecular weight is 364 g/mol. The molecular weight excluding hydrogens is 339 g/mol. The fraction of sp³-hybridized carbons (Fsp3) is 0.421. The Balaban J connectivity index is 2.44. The van der Waals surface area contributed by atoms with Crippen LogP contribution in [0.1, 0.15) is 26.3 Å². The zero-order valence-corrected chi connectivity index (χ0v) is 15.8. The number of esters is 1. The first-order valence-corrected chi connectivity index (χ1v) is 10.2. The lowest BCUT2D eigenvalue weighted by molar-refractivity contribution is -0.143. The van der Waals surface area contributed by atoms with Gasteiger partial charge in [0.05, 0.1) is 19.8 Å². The topological polar surface area (TPSA) is 61.8 Å². The molecule has 0 aliphatic heterocycles. The minimum Gasteiger partial charge on any atom is -0.465 e. The summed E-state index contributed by atoms with van der Waals surface area (Å²) < 4.78 is 29.2. The number of benzene rings is 2. The molecule has 0 spiro atoms. The van der Waals surface area contributed by atoms with Gasteiger partial charge in [0.2, 0.25) is 0 Å². The molecule has 0 amide bonds. The van der Waals surface area contributed by atoms with Gasteiger partial charge in [-0.2, -0.15) is 0 Å². The zero-order valence-electron chi connectivity index (χ0n) is 14.9. The average Bonchev–Trinajstić information content (AvgIpc) is 2.60. The Morgan fingerprint density at radius 3 is 2.24 bits per heavy atom. The van der Waals surface area contributed by atoms with Crippen LogP contribution in [-0.4, -0.2) is 31.4 Å². The summed E-state index contributed by atoms with van der Waals surface area (Å²) >= 11 is 0. The molecule has 0 bridgehead atoms. The molecule has 6 heteroatoms. The standard InChI is InChI=1S/C19H25O5P/c1-4-22-19(20)18(25(21,23-5-2)24-6-3)14-16-12-9-11-15-10-7-8-13-17(15)16/h7-13,18H,4-6,14H2,1-3H3. The lowest BCUT2D eigenvalue weighted by Crippen LogP contribution is -2.28. The molecule has 2 aromatic carbocycles. The van der Waals surface area contributed by atoms with E-state index >= 15 is 0 Å². The van der Waals surface area contributed by atoms with Crippen LogP contribution in [0.5, 0.6) is 0 Å². The van der Waals surface area contributed by atoms with Crippen LogP contribution >= 0.6 is 7.60 Å². The van der Waals surface area contributed by atoms with Crippen molar-refractivity contribution in [3.8, 4) is 0 Å². The molecule has 2 aromatic rings. The molecule has 1 unspecified atom stereocenters. The molecule has 5 nitrogen and oxygen atoms in total. The second-order valence-electron chi connectivity index (χ2n) is 5.49. The van der Waals surface area contributed by atoms with Crippen LogP contribution in [0.4, 0.5) is 0 Å². The molecule has 1 atom stereocenters. The highest BCUT2D eigenvalue weighted by molar-refractivity contribution is 7.55. The van der Waals surface area contributed by atoms with E-state index in [2.05, 4.69) is 0 Å². The summed E-state index contributed by atoms with van der Waals surface area (Å²) in [5, 5.41) is 2.07. The SMILES string of the molecule is CCOC(=O)C(Cc1cccc2ccccc12)P(=O)(OCC)OCC. The molecule has 0 fully saturated rings. The number of fused-ring (bicyclic) bond motifs is 1. The van der Waals surface area contributed by atoms with Crippen LogP contribution in [0, 0.1) is 0 Å². The van der Waals surface area contributed by atoms with Crippen LogP contribution in [0.3, 0.4) is 0 Å². The first-order valence-electron chi connectivity index (χ1n) is 8.57. The van der Waals surface area contributed by atoms with Crippen molar-refractivity contribution in [1.82, 2.24) is 0 Å². The Bertz CT molecular complexity index is 743. The van der Waals surface area contributed by atoms with Gasteiger partial charge < -0.3 is 13.8 Å². The first-order chi connectivity index (χ1) is 12.1. The van der Waals surface area contributed by atoms with Gasteiger partial charge in [0.15, 0.2) is 5.66 Å². The lowest BCUT2D eigenvalue weighted by atomic mass is 10.0. The number of hydrogen-bond donors (Lipinski definition) is 0. The fourth-order valence-corrected chi connectivity index (χ4v) is 4.73. The van der Waals surface area contributed by atoms with Gasteiger partial charge in [-0.3, -0.25) is 9.36 Å². The molecule has 0 heterocycles. The van der Waals surface area contributed by atoms with Gasteiger partial charge in [-0.1, -0.05) is 42.5 Å². The second-order valence-corrected chi connectivity index (χ2v) is 7.71. The number of carbonyl (C=O) groups is 1. The van der Waals surface area contributed by atoms with E-state index in [0.717, 1.165) is 16.3 Å². The van der Waals surface area contributed by atoms with Crippen molar-refractivity contribution >= 4 is 24.3 Å². The quantitative estimate of drug-likeness (QED) is 0.481. The maximum Gasteiger partial charge on any atom is 0.345 e. The maximum atomic E-state index is 13.2. The summed E-state index contributed by atoms with van der Waals surface area (Å²) in [5.41, 5.74) is -0.0751. The van der Waals surface area contributed by atoms with Gasteiger partial charge in [-0.15, -0.1) is 0 Å². The highest BCUT2D eigenvalue weighted by atomic mass is 31.2. The molecule has 0 N–H and O–H groups in total. The zero-order chi connectivity index (χ0) is 18.3. The Morgan fingerprint density at radius 1 is 0.960 bits per heavy atom. The molecule has 0 aliphatic rings. The van der Waals surface area contributed by atoms with E-state index < -0.39 is 19.2 Å². The first kappa shape index (κ1) is 19.6. The second kappa shape index (κ2) is 9.14. The monoisotopic (exact) mass is 364 g/mol. The van der Waals surface area contributed by atoms with E-state index in [0.29, 0.717) is 0 Å². The Kier molecular flexibility index (Phi) is 7.18. The number of hydrogen-bond acceptors (Lipinski definition) is 5. The molecule has 25 heavy (non-hydrogen) atoms. The predicted molar refractivity (Wildman–Crippen MR) is 98.9 cm³/mol.